The first-order valence-electron chi connectivity index (χ1n) is 10.7. The number of guanidine groups is 1. The normalized spacial score (nSPS) is 15.1. The number of hydrogen-bond acceptors (Lipinski definition) is 4. The van der Waals surface area contributed by atoms with Crippen LogP contribution in [0.5, 0.6) is 0 Å². The smallest absolute Gasteiger partial charge is 0.220 e. The Labute approximate surface area is 183 Å². The van der Waals surface area contributed by atoms with Gasteiger partial charge in [0.15, 0.2) is 5.96 Å². The van der Waals surface area contributed by atoms with Crippen LogP contribution in [0, 0.1) is 11.7 Å². The minimum absolute atomic E-state index is 0.0572. The Hall–Kier alpha value is -3.16. The minimum Gasteiger partial charge on any atom is -0.369 e. The molecule has 1 aromatic carbocycles. The van der Waals surface area contributed by atoms with E-state index in [0.29, 0.717) is 13.1 Å². The Balaban J connectivity index is 1.72. The molecular formula is C23H31FN6O. The van der Waals surface area contributed by atoms with E-state index in [9.17, 15) is 9.18 Å². The number of nitrogens with one attached hydrogen (secondary N) is 1. The van der Waals surface area contributed by atoms with Gasteiger partial charge in [-0.25, -0.2) is 14.4 Å². The molecule has 8 heteroatoms. The zero-order chi connectivity index (χ0) is 22.2. The number of hydrogen-bond donors (Lipinski definition) is 2. The highest BCUT2D eigenvalue weighted by Gasteiger charge is 2.25. The Bertz CT molecular complexity index is 910. The van der Waals surface area contributed by atoms with Gasteiger partial charge in [-0.05, 0) is 43.5 Å². The lowest BCUT2D eigenvalue weighted by molar-refractivity contribution is -0.122. The summed E-state index contributed by atoms with van der Waals surface area (Å²) < 4.78 is 13.5. The lowest BCUT2D eigenvalue weighted by Crippen LogP contribution is -2.39. The van der Waals surface area contributed by atoms with E-state index < -0.39 is 0 Å². The molecule has 1 amide bonds. The maximum absolute atomic E-state index is 13.5. The Morgan fingerprint density at radius 2 is 2.10 bits per heavy atom. The maximum atomic E-state index is 13.5. The summed E-state index contributed by atoms with van der Waals surface area (Å²) in [6.45, 7) is 5.26. The molecule has 31 heavy (non-hydrogen) atoms. The molecule has 2 aromatic rings. The van der Waals surface area contributed by atoms with Crippen LogP contribution in [-0.2, 0) is 17.9 Å². The molecule has 7 nitrogen and oxygen atoms in total. The number of nitrogens with zero attached hydrogens (tertiary/aromatic N) is 4. The third-order valence-corrected chi connectivity index (χ3v) is 5.47. The van der Waals surface area contributed by atoms with Gasteiger partial charge in [0.05, 0.1) is 6.54 Å². The Kier molecular flexibility index (Phi) is 7.81. The van der Waals surface area contributed by atoms with Crippen LogP contribution in [0.2, 0.25) is 0 Å². The molecule has 1 aliphatic heterocycles. The predicted molar refractivity (Wildman–Crippen MR) is 121 cm³/mol. The number of amides is 1. The van der Waals surface area contributed by atoms with Crippen LogP contribution in [0.15, 0.2) is 47.6 Å². The molecule has 3 rings (SSSR count). The summed E-state index contributed by atoms with van der Waals surface area (Å²) in [6, 6.07) is 10.5. The first kappa shape index (κ1) is 22.5. The second-order valence-electron chi connectivity index (χ2n) is 7.81. The first-order chi connectivity index (χ1) is 15.0. The van der Waals surface area contributed by atoms with Gasteiger partial charge in [0.1, 0.15) is 11.6 Å². The number of carbonyl (C=O) groups is 1. The summed E-state index contributed by atoms with van der Waals surface area (Å²) in [5.74, 6) is 1.13. The Morgan fingerprint density at radius 3 is 2.77 bits per heavy atom. The van der Waals surface area contributed by atoms with Gasteiger partial charge in [-0.3, -0.25) is 4.79 Å². The SMILES string of the molecule is CCNC(=NCc1cccnc1N1CCC(C(N)=O)CC1)N(C)Cc1cccc(F)c1. The van der Waals surface area contributed by atoms with E-state index in [-0.39, 0.29) is 17.6 Å². The van der Waals surface area contributed by atoms with Crippen molar-refractivity contribution in [1.29, 1.82) is 0 Å². The van der Waals surface area contributed by atoms with Crippen LogP contribution in [0.25, 0.3) is 0 Å². The highest BCUT2D eigenvalue weighted by molar-refractivity contribution is 5.80. The van der Waals surface area contributed by atoms with E-state index in [1.165, 1.54) is 12.1 Å². The fraction of sp³-hybridized carbons (Fsp3) is 0.435. The average molecular weight is 427 g/mol. The van der Waals surface area contributed by atoms with E-state index in [0.717, 1.165) is 55.4 Å². The first-order valence-corrected chi connectivity index (χ1v) is 10.7. The summed E-state index contributed by atoms with van der Waals surface area (Å²) in [5, 5.41) is 3.30. The number of primary amides is 1. The monoisotopic (exact) mass is 426 g/mol. The van der Waals surface area contributed by atoms with Crippen LogP contribution in [0.3, 0.4) is 0 Å². The number of anilines is 1. The quantitative estimate of drug-likeness (QED) is 0.525. The number of halogens is 1. The molecule has 1 saturated heterocycles. The molecule has 0 aliphatic carbocycles. The molecule has 0 bridgehead atoms. The molecule has 1 aromatic heterocycles. The predicted octanol–water partition coefficient (Wildman–Crippen LogP) is 2.52. The second-order valence-corrected chi connectivity index (χ2v) is 7.81. The van der Waals surface area contributed by atoms with Gasteiger partial charge in [0.25, 0.3) is 0 Å². The number of carbonyl (C=O) groups excluding carboxylic acids is 1. The van der Waals surface area contributed by atoms with Gasteiger partial charge >= 0.3 is 0 Å². The van der Waals surface area contributed by atoms with Crippen molar-refractivity contribution in [3.63, 3.8) is 0 Å². The van der Waals surface area contributed by atoms with Gasteiger partial charge in [0.2, 0.25) is 5.91 Å². The standard InChI is InChI=1S/C23H31FN6O/c1-3-26-23(29(2)16-17-6-4-8-20(24)14-17)28-15-19-7-5-11-27-22(19)30-12-9-18(10-13-30)21(25)31/h4-8,11,14,18H,3,9-10,12-13,15-16H2,1-2H3,(H2,25,31)(H,26,28). The van der Waals surface area contributed by atoms with Gasteiger partial charge in [-0.2, -0.15) is 0 Å². The number of pyridine rings is 1. The van der Waals surface area contributed by atoms with Gasteiger partial charge in [0, 0.05) is 50.9 Å². The molecule has 1 fully saturated rings. The summed E-state index contributed by atoms with van der Waals surface area (Å²) >= 11 is 0. The van der Waals surface area contributed by atoms with Crippen molar-refractivity contribution in [3.8, 4) is 0 Å². The van der Waals surface area contributed by atoms with Crippen molar-refractivity contribution in [2.45, 2.75) is 32.9 Å². The van der Waals surface area contributed by atoms with E-state index in [2.05, 4.69) is 15.2 Å². The van der Waals surface area contributed by atoms with Crippen LogP contribution in [0.4, 0.5) is 10.2 Å². The summed E-state index contributed by atoms with van der Waals surface area (Å²) in [4.78, 5) is 25.0. The summed E-state index contributed by atoms with van der Waals surface area (Å²) in [5.41, 5.74) is 7.36. The third-order valence-electron chi connectivity index (χ3n) is 5.47. The average Bonchev–Trinajstić information content (AvgIpc) is 2.77. The lowest BCUT2D eigenvalue weighted by atomic mass is 9.96. The molecule has 0 unspecified atom stereocenters. The van der Waals surface area contributed by atoms with Crippen LogP contribution in [-0.4, -0.2) is 48.4 Å². The second kappa shape index (κ2) is 10.7. The molecule has 1 aliphatic rings. The van der Waals surface area contributed by atoms with E-state index >= 15 is 0 Å². The summed E-state index contributed by atoms with van der Waals surface area (Å²) in [6.07, 6.45) is 3.27. The largest absolute Gasteiger partial charge is 0.369 e. The molecule has 166 valence electrons. The van der Waals surface area contributed by atoms with Gasteiger partial charge in [-0.15, -0.1) is 0 Å². The zero-order valence-electron chi connectivity index (χ0n) is 18.2. The topological polar surface area (TPSA) is 86.9 Å². The molecular weight excluding hydrogens is 395 g/mol. The van der Waals surface area contributed by atoms with Crippen molar-refractivity contribution in [2.24, 2.45) is 16.6 Å². The van der Waals surface area contributed by atoms with Gasteiger partial charge in [-0.1, -0.05) is 18.2 Å². The maximum Gasteiger partial charge on any atom is 0.220 e. The van der Waals surface area contributed by atoms with Crippen molar-refractivity contribution in [1.82, 2.24) is 15.2 Å². The number of aliphatic imine (C=N–C) groups is 1. The van der Waals surface area contributed by atoms with E-state index in [4.69, 9.17) is 10.7 Å². The van der Waals surface area contributed by atoms with Crippen molar-refractivity contribution in [2.75, 3.05) is 31.6 Å². The van der Waals surface area contributed by atoms with Crippen LogP contribution >= 0.6 is 0 Å². The third kappa shape index (κ3) is 6.16. The number of piperidine rings is 1. The van der Waals surface area contributed by atoms with E-state index in [1.807, 2.05) is 37.1 Å². The lowest BCUT2D eigenvalue weighted by Gasteiger charge is -2.32. The van der Waals surface area contributed by atoms with Crippen molar-refractivity contribution >= 4 is 17.7 Å². The fourth-order valence-electron chi connectivity index (χ4n) is 3.83. The zero-order valence-corrected chi connectivity index (χ0v) is 18.2. The molecule has 0 spiro atoms. The minimum atomic E-state index is -0.243. The molecule has 3 N–H and O–H groups in total. The van der Waals surface area contributed by atoms with Crippen molar-refractivity contribution in [3.05, 3.63) is 59.5 Å². The number of benzene rings is 1. The van der Waals surface area contributed by atoms with Crippen LogP contribution in [0.1, 0.15) is 30.9 Å². The highest BCUT2D eigenvalue weighted by Crippen LogP contribution is 2.25. The van der Waals surface area contributed by atoms with Gasteiger partial charge < -0.3 is 20.9 Å². The molecule has 0 atom stereocenters. The Morgan fingerprint density at radius 1 is 1.32 bits per heavy atom. The fourth-order valence-corrected chi connectivity index (χ4v) is 3.83. The van der Waals surface area contributed by atoms with Crippen molar-refractivity contribution < 1.29 is 9.18 Å². The molecule has 0 radical (unpaired) electrons. The number of rotatable bonds is 7. The van der Waals surface area contributed by atoms with E-state index in [1.54, 1.807) is 12.3 Å². The molecule has 2 heterocycles. The number of nitrogens with two attached hydrogens (primary N) is 1. The van der Waals surface area contributed by atoms with Crippen LogP contribution < -0.4 is 16.0 Å². The summed E-state index contributed by atoms with van der Waals surface area (Å²) in [7, 11) is 1.94. The number of aromatic nitrogens is 1. The highest BCUT2D eigenvalue weighted by atomic mass is 19.1. The molecule has 0 saturated carbocycles.